The standard InChI is InChI=1S/C11H10O2S/c1-8-5-9(7-14-8)6-10(12)11-3-2-4-13-11/h2-5,7H,6H2,1H3. The molecule has 0 aromatic carbocycles. The summed E-state index contributed by atoms with van der Waals surface area (Å²) in [6.07, 6.45) is 1.95. The van der Waals surface area contributed by atoms with E-state index in [-0.39, 0.29) is 5.78 Å². The summed E-state index contributed by atoms with van der Waals surface area (Å²) >= 11 is 1.66. The number of hydrogen-bond acceptors (Lipinski definition) is 3. The van der Waals surface area contributed by atoms with E-state index in [0.29, 0.717) is 12.2 Å². The van der Waals surface area contributed by atoms with E-state index in [0.717, 1.165) is 5.56 Å². The van der Waals surface area contributed by atoms with Crippen molar-refractivity contribution in [3.05, 3.63) is 46.0 Å². The monoisotopic (exact) mass is 206 g/mol. The number of rotatable bonds is 3. The fraction of sp³-hybridized carbons (Fsp3) is 0.182. The summed E-state index contributed by atoms with van der Waals surface area (Å²) in [5.74, 6) is 0.474. The van der Waals surface area contributed by atoms with Crippen LogP contribution in [0.5, 0.6) is 0 Å². The van der Waals surface area contributed by atoms with Crippen molar-refractivity contribution in [2.45, 2.75) is 13.3 Å². The number of carbonyl (C=O) groups is 1. The summed E-state index contributed by atoms with van der Waals surface area (Å²) in [6, 6.07) is 5.46. The molecule has 0 saturated heterocycles. The van der Waals surface area contributed by atoms with Crippen LogP contribution in [-0.4, -0.2) is 5.78 Å². The molecule has 0 amide bonds. The lowest BCUT2D eigenvalue weighted by Crippen LogP contribution is -2.00. The van der Waals surface area contributed by atoms with Gasteiger partial charge in [-0.05, 0) is 36.1 Å². The average Bonchev–Trinajstić information content (AvgIpc) is 2.75. The minimum Gasteiger partial charge on any atom is -0.461 e. The van der Waals surface area contributed by atoms with Gasteiger partial charge in [-0.25, -0.2) is 0 Å². The molecule has 0 N–H and O–H groups in total. The van der Waals surface area contributed by atoms with Gasteiger partial charge in [0.25, 0.3) is 0 Å². The van der Waals surface area contributed by atoms with Crippen LogP contribution in [0.3, 0.4) is 0 Å². The highest BCUT2D eigenvalue weighted by Gasteiger charge is 2.09. The molecule has 0 aliphatic rings. The van der Waals surface area contributed by atoms with Crippen LogP contribution in [0, 0.1) is 6.92 Å². The third-order valence-electron chi connectivity index (χ3n) is 1.95. The van der Waals surface area contributed by atoms with Gasteiger partial charge in [0.2, 0.25) is 5.78 Å². The zero-order valence-electron chi connectivity index (χ0n) is 7.82. The molecule has 3 heteroatoms. The number of thiophene rings is 1. The van der Waals surface area contributed by atoms with Crippen molar-refractivity contribution in [2.24, 2.45) is 0 Å². The van der Waals surface area contributed by atoms with Gasteiger partial charge in [-0.2, -0.15) is 0 Å². The highest BCUT2D eigenvalue weighted by molar-refractivity contribution is 7.10. The molecule has 0 atom stereocenters. The van der Waals surface area contributed by atoms with Crippen molar-refractivity contribution in [2.75, 3.05) is 0 Å². The van der Waals surface area contributed by atoms with E-state index in [4.69, 9.17) is 4.42 Å². The maximum Gasteiger partial charge on any atom is 0.202 e. The molecule has 0 aliphatic heterocycles. The number of furan rings is 1. The predicted octanol–water partition coefficient (Wildman–Crippen LogP) is 3.07. The summed E-state index contributed by atoms with van der Waals surface area (Å²) in [6.45, 7) is 2.03. The predicted molar refractivity (Wildman–Crippen MR) is 55.8 cm³/mol. The molecule has 0 aliphatic carbocycles. The maximum absolute atomic E-state index is 11.6. The summed E-state index contributed by atoms with van der Waals surface area (Å²) in [7, 11) is 0. The largest absolute Gasteiger partial charge is 0.461 e. The second kappa shape index (κ2) is 3.80. The van der Waals surface area contributed by atoms with Gasteiger partial charge in [-0.3, -0.25) is 4.79 Å². The van der Waals surface area contributed by atoms with E-state index in [1.54, 1.807) is 23.5 Å². The first-order chi connectivity index (χ1) is 6.75. The Labute approximate surface area is 86.2 Å². The van der Waals surface area contributed by atoms with Gasteiger partial charge >= 0.3 is 0 Å². The molecule has 2 aromatic rings. The normalized spacial score (nSPS) is 10.4. The van der Waals surface area contributed by atoms with Crippen LogP contribution in [0.2, 0.25) is 0 Å². The molecule has 2 heterocycles. The van der Waals surface area contributed by atoms with Crippen LogP contribution in [0.4, 0.5) is 0 Å². The van der Waals surface area contributed by atoms with Crippen LogP contribution in [-0.2, 0) is 6.42 Å². The van der Waals surface area contributed by atoms with Gasteiger partial charge in [0.15, 0.2) is 5.76 Å². The molecule has 0 unspecified atom stereocenters. The van der Waals surface area contributed by atoms with Crippen LogP contribution < -0.4 is 0 Å². The minimum absolute atomic E-state index is 0.0350. The molecule has 2 nitrogen and oxygen atoms in total. The van der Waals surface area contributed by atoms with E-state index in [9.17, 15) is 4.79 Å². The Morgan fingerprint density at radius 3 is 3.00 bits per heavy atom. The van der Waals surface area contributed by atoms with Crippen molar-refractivity contribution >= 4 is 17.1 Å². The van der Waals surface area contributed by atoms with Gasteiger partial charge in [0.1, 0.15) is 0 Å². The molecule has 2 rings (SSSR count). The van der Waals surface area contributed by atoms with E-state index < -0.39 is 0 Å². The van der Waals surface area contributed by atoms with Crippen molar-refractivity contribution < 1.29 is 9.21 Å². The first kappa shape index (κ1) is 9.21. The molecule has 2 aromatic heterocycles. The van der Waals surface area contributed by atoms with Crippen LogP contribution in [0.25, 0.3) is 0 Å². The molecular weight excluding hydrogens is 196 g/mol. The van der Waals surface area contributed by atoms with E-state index in [1.165, 1.54) is 11.1 Å². The van der Waals surface area contributed by atoms with Crippen molar-refractivity contribution in [1.29, 1.82) is 0 Å². The van der Waals surface area contributed by atoms with Crippen LogP contribution in [0.1, 0.15) is 21.0 Å². The van der Waals surface area contributed by atoms with Crippen molar-refractivity contribution in [3.8, 4) is 0 Å². The Morgan fingerprint density at radius 1 is 1.57 bits per heavy atom. The van der Waals surface area contributed by atoms with E-state index in [1.807, 2.05) is 18.4 Å². The molecule has 0 saturated carbocycles. The fourth-order valence-electron chi connectivity index (χ4n) is 1.30. The van der Waals surface area contributed by atoms with Gasteiger partial charge in [-0.15, -0.1) is 11.3 Å². The molecule has 72 valence electrons. The molecule has 14 heavy (non-hydrogen) atoms. The molecule has 0 fully saturated rings. The number of hydrogen-bond donors (Lipinski definition) is 0. The Morgan fingerprint density at radius 2 is 2.43 bits per heavy atom. The lowest BCUT2D eigenvalue weighted by Gasteiger charge is -1.93. The number of Topliss-reactive ketones (excluding diaryl/α,β-unsaturated/α-hetero) is 1. The second-order valence-corrected chi connectivity index (χ2v) is 4.26. The lowest BCUT2D eigenvalue weighted by molar-refractivity contribution is 0.0966. The van der Waals surface area contributed by atoms with Gasteiger partial charge < -0.3 is 4.42 Å². The summed E-state index contributed by atoms with van der Waals surface area (Å²) in [4.78, 5) is 12.8. The molecular formula is C11H10O2S. The minimum atomic E-state index is 0.0350. The van der Waals surface area contributed by atoms with Gasteiger partial charge in [0, 0.05) is 11.3 Å². The van der Waals surface area contributed by atoms with Gasteiger partial charge in [-0.1, -0.05) is 0 Å². The summed E-state index contributed by atoms with van der Waals surface area (Å²) < 4.78 is 5.03. The van der Waals surface area contributed by atoms with Crippen molar-refractivity contribution in [3.63, 3.8) is 0 Å². The summed E-state index contributed by atoms with van der Waals surface area (Å²) in [5, 5.41) is 2.01. The third-order valence-corrected chi connectivity index (χ3v) is 2.86. The molecule has 0 bridgehead atoms. The fourth-order valence-corrected chi connectivity index (χ4v) is 2.01. The molecule has 0 radical (unpaired) electrons. The second-order valence-electron chi connectivity index (χ2n) is 3.14. The first-order valence-corrected chi connectivity index (χ1v) is 5.24. The Hall–Kier alpha value is -1.35. The highest BCUT2D eigenvalue weighted by Crippen LogP contribution is 2.15. The quantitative estimate of drug-likeness (QED) is 0.722. The maximum atomic E-state index is 11.6. The SMILES string of the molecule is Cc1cc(CC(=O)c2ccco2)cs1. The zero-order chi connectivity index (χ0) is 9.97. The molecule has 0 spiro atoms. The van der Waals surface area contributed by atoms with Crippen LogP contribution in [0.15, 0.2) is 34.3 Å². The van der Waals surface area contributed by atoms with Crippen molar-refractivity contribution in [1.82, 2.24) is 0 Å². The Kier molecular flexibility index (Phi) is 2.50. The third kappa shape index (κ3) is 1.93. The topological polar surface area (TPSA) is 30.2 Å². The first-order valence-electron chi connectivity index (χ1n) is 4.36. The average molecular weight is 206 g/mol. The smallest absolute Gasteiger partial charge is 0.202 e. The number of carbonyl (C=O) groups excluding carboxylic acids is 1. The van der Waals surface area contributed by atoms with Gasteiger partial charge in [0.05, 0.1) is 6.26 Å². The Bertz CT molecular complexity index is 426. The zero-order valence-corrected chi connectivity index (χ0v) is 8.64. The summed E-state index contributed by atoms with van der Waals surface area (Å²) in [5.41, 5.74) is 1.06. The van der Waals surface area contributed by atoms with E-state index in [2.05, 4.69) is 0 Å². The van der Waals surface area contributed by atoms with Crippen LogP contribution >= 0.6 is 11.3 Å². The van der Waals surface area contributed by atoms with E-state index >= 15 is 0 Å². The lowest BCUT2D eigenvalue weighted by atomic mass is 10.1. The number of ketones is 1. The highest BCUT2D eigenvalue weighted by atomic mass is 32.1. The number of aryl methyl sites for hydroxylation is 1. The Balaban J connectivity index is 2.09.